The molecule has 0 fully saturated rings. The fourth-order valence-corrected chi connectivity index (χ4v) is 2.47. The Balaban J connectivity index is 1.55. The Bertz CT molecular complexity index is 1000. The Labute approximate surface area is 169 Å². The van der Waals surface area contributed by atoms with Gasteiger partial charge in [-0.05, 0) is 78.4 Å². The number of carbonyl (C=O) groups excluding carboxylic acids is 2. The predicted molar refractivity (Wildman–Crippen MR) is 107 cm³/mol. The molecule has 0 aliphatic rings. The Kier molecular flexibility index (Phi) is 6.29. The third kappa shape index (κ3) is 5.34. The van der Waals surface area contributed by atoms with Crippen LogP contribution in [0, 0.1) is 5.82 Å². The van der Waals surface area contributed by atoms with E-state index in [9.17, 15) is 14.0 Å². The van der Waals surface area contributed by atoms with Gasteiger partial charge in [0.25, 0.3) is 5.91 Å². The Morgan fingerprint density at radius 1 is 0.893 bits per heavy atom. The van der Waals surface area contributed by atoms with E-state index in [0.717, 1.165) is 4.47 Å². The second-order valence-electron chi connectivity index (χ2n) is 5.67. The average Bonchev–Trinajstić information content (AvgIpc) is 2.70. The molecule has 0 heterocycles. The van der Waals surface area contributed by atoms with E-state index in [-0.39, 0.29) is 0 Å². The van der Waals surface area contributed by atoms with Crippen LogP contribution in [0.15, 0.2) is 82.4 Å². The minimum Gasteiger partial charge on any atom is -0.423 e. The van der Waals surface area contributed by atoms with E-state index in [0.29, 0.717) is 22.4 Å². The van der Waals surface area contributed by atoms with Crippen LogP contribution in [0.2, 0.25) is 0 Å². The van der Waals surface area contributed by atoms with Crippen molar-refractivity contribution in [2.75, 3.05) is 0 Å². The van der Waals surface area contributed by atoms with Crippen molar-refractivity contribution >= 4 is 34.0 Å². The van der Waals surface area contributed by atoms with E-state index in [2.05, 4.69) is 26.5 Å². The number of hydrazone groups is 1. The van der Waals surface area contributed by atoms with Crippen LogP contribution in [-0.2, 0) is 0 Å². The lowest BCUT2D eigenvalue weighted by Crippen LogP contribution is -2.17. The second kappa shape index (κ2) is 9.05. The summed E-state index contributed by atoms with van der Waals surface area (Å²) in [5.41, 5.74) is 3.80. The summed E-state index contributed by atoms with van der Waals surface area (Å²) in [6.45, 7) is 0. The molecule has 3 aromatic carbocycles. The molecule has 0 radical (unpaired) electrons. The van der Waals surface area contributed by atoms with Crippen molar-refractivity contribution < 1.29 is 18.7 Å². The molecule has 3 rings (SSSR count). The maximum absolute atomic E-state index is 12.9. The van der Waals surface area contributed by atoms with Crippen molar-refractivity contribution in [1.82, 2.24) is 5.43 Å². The van der Waals surface area contributed by atoms with Gasteiger partial charge in [-0.15, -0.1) is 0 Å². The minimum atomic E-state index is -0.458. The topological polar surface area (TPSA) is 67.8 Å². The van der Waals surface area contributed by atoms with Crippen molar-refractivity contribution in [1.29, 1.82) is 0 Å². The monoisotopic (exact) mass is 440 g/mol. The molecule has 0 saturated heterocycles. The van der Waals surface area contributed by atoms with Crippen molar-refractivity contribution in [3.8, 4) is 5.75 Å². The highest BCUT2D eigenvalue weighted by molar-refractivity contribution is 9.10. The molecule has 1 N–H and O–H groups in total. The smallest absolute Gasteiger partial charge is 0.343 e. The van der Waals surface area contributed by atoms with Gasteiger partial charge in [-0.25, -0.2) is 14.6 Å². The first kappa shape index (κ1) is 19.4. The quantitative estimate of drug-likeness (QED) is 0.273. The van der Waals surface area contributed by atoms with Gasteiger partial charge in [0.15, 0.2) is 0 Å². The Morgan fingerprint density at radius 2 is 1.50 bits per heavy atom. The summed E-state index contributed by atoms with van der Waals surface area (Å²) in [7, 11) is 0. The molecule has 0 unspecified atom stereocenters. The summed E-state index contributed by atoms with van der Waals surface area (Å²) < 4.78 is 19.0. The Hall–Kier alpha value is -3.32. The molecule has 140 valence electrons. The fourth-order valence-electron chi connectivity index (χ4n) is 2.21. The molecule has 3 aromatic rings. The number of nitrogens with zero attached hydrogens (tertiary/aromatic N) is 1. The molecule has 7 heteroatoms. The van der Waals surface area contributed by atoms with Crippen LogP contribution in [0.1, 0.15) is 26.3 Å². The lowest BCUT2D eigenvalue weighted by molar-refractivity contribution is 0.0734. The number of esters is 1. The fraction of sp³-hybridized carbons (Fsp3) is 0. The zero-order valence-corrected chi connectivity index (χ0v) is 16.0. The standard InChI is InChI=1S/C21H14BrFN2O3/c22-17-7-3-16(4-8-17)21(27)28-19-11-1-14(2-12-19)13-24-25-20(26)15-5-9-18(23)10-6-15/h1-13H,(H,25,26). The maximum Gasteiger partial charge on any atom is 0.343 e. The molecule has 0 atom stereocenters. The van der Waals surface area contributed by atoms with Gasteiger partial charge in [-0.3, -0.25) is 4.79 Å². The van der Waals surface area contributed by atoms with Crippen LogP contribution in [0.5, 0.6) is 5.75 Å². The van der Waals surface area contributed by atoms with Crippen LogP contribution in [0.4, 0.5) is 4.39 Å². The normalized spacial score (nSPS) is 10.6. The number of nitrogens with one attached hydrogen (secondary N) is 1. The third-order valence-electron chi connectivity index (χ3n) is 3.66. The van der Waals surface area contributed by atoms with E-state index >= 15 is 0 Å². The number of halogens is 2. The van der Waals surface area contributed by atoms with Crippen LogP contribution in [-0.4, -0.2) is 18.1 Å². The van der Waals surface area contributed by atoms with Gasteiger partial charge < -0.3 is 4.74 Å². The summed E-state index contributed by atoms with van der Waals surface area (Å²) in [6.07, 6.45) is 1.45. The van der Waals surface area contributed by atoms with E-state index in [1.54, 1.807) is 48.5 Å². The number of hydrogen-bond donors (Lipinski definition) is 1. The SMILES string of the molecule is O=C(NN=Cc1ccc(OC(=O)c2ccc(Br)cc2)cc1)c1ccc(F)cc1. The third-order valence-corrected chi connectivity index (χ3v) is 4.19. The first-order valence-corrected chi connectivity index (χ1v) is 8.97. The van der Waals surface area contributed by atoms with E-state index in [1.807, 2.05) is 0 Å². The summed E-state index contributed by atoms with van der Waals surface area (Å²) in [5, 5.41) is 3.86. The first-order chi connectivity index (χ1) is 13.5. The van der Waals surface area contributed by atoms with Crippen LogP contribution in [0.3, 0.4) is 0 Å². The van der Waals surface area contributed by atoms with Gasteiger partial charge in [0.05, 0.1) is 11.8 Å². The predicted octanol–water partition coefficient (Wildman–Crippen LogP) is 4.57. The zero-order chi connectivity index (χ0) is 19.9. The Morgan fingerprint density at radius 3 is 2.14 bits per heavy atom. The van der Waals surface area contributed by atoms with Gasteiger partial charge in [0.1, 0.15) is 11.6 Å². The van der Waals surface area contributed by atoms with Gasteiger partial charge in [0.2, 0.25) is 0 Å². The highest BCUT2D eigenvalue weighted by Crippen LogP contribution is 2.15. The number of hydrogen-bond acceptors (Lipinski definition) is 4. The number of ether oxygens (including phenoxy) is 1. The summed E-state index contributed by atoms with van der Waals surface area (Å²) >= 11 is 3.31. The molecular formula is C21H14BrFN2O3. The van der Waals surface area contributed by atoms with E-state index in [4.69, 9.17) is 4.74 Å². The van der Waals surface area contributed by atoms with Crippen LogP contribution >= 0.6 is 15.9 Å². The lowest BCUT2D eigenvalue weighted by Gasteiger charge is -2.05. The molecule has 0 saturated carbocycles. The molecule has 0 aliphatic carbocycles. The minimum absolute atomic E-state index is 0.300. The van der Waals surface area contributed by atoms with E-state index in [1.165, 1.54) is 30.5 Å². The van der Waals surface area contributed by atoms with Gasteiger partial charge >= 0.3 is 5.97 Å². The van der Waals surface area contributed by atoms with Gasteiger partial charge in [0, 0.05) is 10.0 Å². The molecule has 1 amide bonds. The summed E-state index contributed by atoms with van der Waals surface area (Å²) in [4.78, 5) is 23.9. The van der Waals surface area contributed by atoms with Crippen molar-refractivity contribution in [2.45, 2.75) is 0 Å². The maximum atomic E-state index is 12.9. The molecule has 0 spiro atoms. The number of amides is 1. The summed E-state index contributed by atoms with van der Waals surface area (Å²) in [5.74, 6) is -0.932. The highest BCUT2D eigenvalue weighted by atomic mass is 79.9. The highest BCUT2D eigenvalue weighted by Gasteiger charge is 2.08. The van der Waals surface area contributed by atoms with E-state index < -0.39 is 17.7 Å². The van der Waals surface area contributed by atoms with Crippen LogP contribution in [0.25, 0.3) is 0 Å². The van der Waals surface area contributed by atoms with Crippen molar-refractivity contribution in [3.63, 3.8) is 0 Å². The number of rotatable bonds is 5. The van der Waals surface area contributed by atoms with Crippen molar-refractivity contribution in [3.05, 3.63) is 99.8 Å². The van der Waals surface area contributed by atoms with Crippen molar-refractivity contribution in [2.24, 2.45) is 5.10 Å². The largest absolute Gasteiger partial charge is 0.423 e. The first-order valence-electron chi connectivity index (χ1n) is 8.18. The average molecular weight is 441 g/mol. The van der Waals surface area contributed by atoms with Gasteiger partial charge in [-0.2, -0.15) is 5.10 Å². The molecular weight excluding hydrogens is 427 g/mol. The molecule has 0 aromatic heterocycles. The number of carbonyl (C=O) groups is 2. The zero-order valence-electron chi connectivity index (χ0n) is 14.4. The second-order valence-corrected chi connectivity index (χ2v) is 6.59. The lowest BCUT2D eigenvalue weighted by atomic mass is 10.2. The number of benzene rings is 3. The van der Waals surface area contributed by atoms with Crippen LogP contribution < -0.4 is 10.2 Å². The van der Waals surface area contributed by atoms with Gasteiger partial charge in [-0.1, -0.05) is 15.9 Å². The molecule has 5 nitrogen and oxygen atoms in total. The molecule has 0 bridgehead atoms. The molecule has 0 aliphatic heterocycles. The summed E-state index contributed by atoms with van der Waals surface area (Å²) in [6, 6.07) is 18.6. The molecule has 28 heavy (non-hydrogen) atoms.